The predicted octanol–water partition coefficient (Wildman–Crippen LogP) is 2.23. The molecule has 0 saturated heterocycles. The van der Waals surface area contributed by atoms with Gasteiger partial charge in [0.05, 0.1) is 19.2 Å². The van der Waals surface area contributed by atoms with Gasteiger partial charge >= 0.3 is 0 Å². The van der Waals surface area contributed by atoms with Crippen LogP contribution in [0.2, 0.25) is 0 Å². The molecule has 2 rings (SSSR count). The highest BCUT2D eigenvalue weighted by Gasteiger charge is 2.13. The quantitative estimate of drug-likeness (QED) is 0.812. The molecule has 0 spiro atoms. The van der Waals surface area contributed by atoms with Gasteiger partial charge in [0.25, 0.3) is 0 Å². The third-order valence-electron chi connectivity index (χ3n) is 1.99. The molecule has 14 heavy (non-hydrogen) atoms. The van der Waals surface area contributed by atoms with Crippen LogP contribution in [0.3, 0.4) is 0 Å². The molecular formula is C10H10BrNO2. The molecule has 1 aromatic rings. The molecule has 1 aromatic carbocycles. The normalized spacial score (nSPS) is 14.9. The van der Waals surface area contributed by atoms with E-state index in [0.29, 0.717) is 12.5 Å². The lowest BCUT2D eigenvalue weighted by Crippen LogP contribution is -2.02. The zero-order valence-electron chi connectivity index (χ0n) is 7.79. The van der Waals surface area contributed by atoms with Gasteiger partial charge in [-0.15, -0.1) is 0 Å². The highest BCUT2D eigenvalue weighted by atomic mass is 79.9. The molecule has 0 saturated carbocycles. The van der Waals surface area contributed by atoms with E-state index in [0.717, 1.165) is 22.3 Å². The maximum absolute atomic E-state index is 5.37. The van der Waals surface area contributed by atoms with Gasteiger partial charge in [0.1, 0.15) is 12.4 Å². The zero-order valence-corrected chi connectivity index (χ0v) is 9.37. The number of hydrogen-bond acceptors (Lipinski definition) is 3. The van der Waals surface area contributed by atoms with Crippen LogP contribution in [-0.2, 0) is 4.74 Å². The van der Waals surface area contributed by atoms with Gasteiger partial charge in [-0.05, 0) is 34.1 Å². The number of aliphatic imine (C=N–C) groups is 1. The molecule has 3 nitrogen and oxygen atoms in total. The highest BCUT2D eigenvalue weighted by molar-refractivity contribution is 9.10. The van der Waals surface area contributed by atoms with E-state index in [1.54, 1.807) is 7.11 Å². The van der Waals surface area contributed by atoms with Gasteiger partial charge < -0.3 is 9.47 Å². The number of methoxy groups -OCH3 is 1. The summed E-state index contributed by atoms with van der Waals surface area (Å²) in [6.45, 7) is 1.42. The first kappa shape index (κ1) is 9.52. The molecule has 0 fully saturated rings. The Morgan fingerprint density at radius 3 is 2.93 bits per heavy atom. The smallest absolute Gasteiger partial charge is 0.217 e. The SMILES string of the molecule is COc1ccc(C2=NCCO2)c(Br)c1. The van der Waals surface area contributed by atoms with Crippen LogP contribution in [-0.4, -0.2) is 26.2 Å². The second-order valence-electron chi connectivity index (χ2n) is 2.88. The van der Waals surface area contributed by atoms with Crippen molar-refractivity contribution in [2.24, 2.45) is 4.99 Å². The molecule has 0 aromatic heterocycles. The molecule has 0 aliphatic carbocycles. The molecule has 74 valence electrons. The summed E-state index contributed by atoms with van der Waals surface area (Å²) in [6, 6.07) is 5.73. The first-order valence-corrected chi connectivity index (χ1v) is 5.12. The monoisotopic (exact) mass is 255 g/mol. The Balaban J connectivity index is 2.34. The summed E-state index contributed by atoms with van der Waals surface area (Å²) in [5.74, 6) is 1.53. The molecule has 0 amide bonds. The van der Waals surface area contributed by atoms with Gasteiger partial charge in [-0.25, -0.2) is 4.99 Å². The van der Waals surface area contributed by atoms with Crippen molar-refractivity contribution in [2.75, 3.05) is 20.3 Å². The third kappa shape index (κ3) is 1.75. The first-order chi connectivity index (χ1) is 6.81. The fourth-order valence-corrected chi connectivity index (χ4v) is 1.82. The van der Waals surface area contributed by atoms with Crippen LogP contribution in [0.15, 0.2) is 27.7 Å². The number of halogens is 1. The summed E-state index contributed by atoms with van der Waals surface area (Å²) in [7, 11) is 1.64. The van der Waals surface area contributed by atoms with Crippen molar-refractivity contribution in [3.8, 4) is 5.75 Å². The van der Waals surface area contributed by atoms with E-state index in [1.165, 1.54) is 0 Å². The van der Waals surface area contributed by atoms with Crippen LogP contribution in [0.4, 0.5) is 0 Å². The highest BCUT2D eigenvalue weighted by Crippen LogP contribution is 2.24. The number of rotatable bonds is 2. The number of nitrogens with zero attached hydrogens (tertiary/aromatic N) is 1. The van der Waals surface area contributed by atoms with Crippen molar-refractivity contribution >= 4 is 21.8 Å². The zero-order chi connectivity index (χ0) is 9.97. The van der Waals surface area contributed by atoms with E-state index in [4.69, 9.17) is 9.47 Å². The summed E-state index contributed by atoms with van der Waals surface area (Å²) in [4.78, 5) is 4.25. The van der Waals surface area contributed by atoms with E-state index in [2.05, 4.69) is 20.9 Å². The average molecular weight is 256 g/mol. The molecule has 0 bridgehead atoms. The lowest BCUT2D eigenvalue weighted by atomic mass is 10.2. The van der Waals surface area contributed by atoms with Crippen molar-refractivity contribution in [1.82, 2.24) is 0 Å². The Morgan fingerprint density at radius 1 is 1.50 bits per heavy atom. The average Bonchev–Trinajstić information content (AvgIpc) is 2.70. The topological polar surface area (TPSA) is 30.8 Å². The van der Waals surface area contributed by atoms with Crippen molar-refractivity contribution in [2.45, 2.75) is 0 Å². The van der Waals surface area contributed by atoms with Crippen LogP contribution >= 0.6 is 15.9 Å². The standard InChI is InChI=1S/C10H10BrNO2/c1-13-7-2-3-8(9(11)6-7)10-12-4-5-14-10/h2-3,6H,4-5H2,1H3. The van der Waals surface area contributed by atoms with Crippen LogP contribution in [0, 0.1) is 0 Å². The van der Waals surface area contributed by atoms with Crippen molar-refractivity contribution in [1.29, 1.82) is 0 Å². The Morgan fingerprint density at radius 2 is 2.36 bits per heavy atom. The van der Waals surface area contributed by atoms with Crippen LogP contribution in [0.1, 0.15) is 5.56 Å². The van der Waals surface area contributed by atoms with Gasteiger partial charge in [-0.1, -0.05) is 0 Å². The van der Waals surface area contributed by atoms with Crippen LogP contribution in [0.5, 0.6) is 5.75 Å². The molecule has 0 atom stereocenters. The molecule has 0 radical (unpaired) electrons. The largest absolute Gasteiger partial charge is 0.497 e. The second-order valence-corrected chi connectivity index (χ2v) is 3.74. The first-order valence-electron chi connectivity index (χ1n) is 4.32. The molecule has 1 aliphatic rings. The van der Waals surface area contributed by atoms with Crippen molar-refractivity contribution < 1.29 is 9.47 Å². The number of hydrogen-bond donors (Lipinski definition) is 0. The molecular weight excluding hydrogens is 246 g/mol. The van der Waals surface area contributed by atoms with E-state index in [1.807, 2.05) is 18.2 Å². The maximum Gasteiger partial charge on any atom is 0.217 e. The van der Waals surface area contributed by atoms with E-state index in [-0.39, 0.29) is 0 Å². The van der Waals surface area contributed by atoms with Gasteiger partial charge in [-0.2, -0.15) is 0 Å². The minimum Gasteiger partial charge on any atom is -0.497 e. The van der Waals surface area contributed by atoms with Crippen LogP contribution < -0.4 is 4.74 Å². The van der Waals surface area contributed by atoms with Gasteiger partial charge in [0, 0.05) is 4.47 Å². The molecule has 0 unspecified atom stereocenters. The van der Waals surface area contributed by atoms with E-state index >= 15 is 0 Å². The molecule has 4 heteroatoms. The Hall–Kier alpha value is -1.03. The predicted molar refractivity (Wildman–Crippen MR) is 58.1 cm³/mol. The summed E-state index contributed by atoms with van der Waals surface area (Å²) in [5, 5.41) is 0. The fourth-order valence-electron chi connectivity index (χ4n) is 1.29. The van der Waals surface area contributed by atoms with E-state index in [9.17, 15) is 0 Å². The lowest BCUT2D eigenvalue weighted by Gasteiger charge is -2.06. The molecule has 1 aliphatic heterocycles. The minimum absolute atomic E-state index is 0.674. The summed E-state index contributed by atoms with van der Waals surface area (Å²) in [5.41, 5.74) is 0.975. The number of benzene rings is 1. The van der Waals surface area contributed by atoms with Crippen molar-refractivity contribution in [3.05, 3.63) is 28.2 Å². The summed E-state index contributed by atoms with van der Waals surface area (Å²) >= 11 is 3.46. The third-order valence-corrected chi connectivity index (χ3v) is 2.65. The van der Waals surface area contributed by atoms with E-state index < -0.39 is 0 Å². The Labute approximate surface area is 90.9 Å². The van der Waals surface area contributed by atoms with Gasteiger partial charge in [-0.3, -0.25) is 0 Å². The molecule has 0 N–H and O–H groups in total. The number of ether oxygens (including phenoxy) is 2. The maximum atomic E-state index is 5.37. The lowest BCUT2D eigenvalue weighted by molar-refractivity contribution is 0.348. The summed E-state index contributed by atoms with van der Waals surface area (Å²) in [6.07, 6.45) is 0. The van der Waals surface area contributed by atoms with Gasteiger partial charge in [0.2, 0.25) is 5.90 Å². The molecule has 1 heterocycles. The van der Waals surface area contributed by atoms with Crippen molar-refractivity contribution in [3.63, 3.8) is 0 Å². The Kier molecular flexibility index (Phi) is 2.72. The van der Waals surface area contributed by atoms with Crippen LogP contribution in [0.25, 0.3) is 0 Å². The summed E-state index contributed by atoms with van der Waals surface area (Å²) < 4.78 is 11.4. The minimum atomic E-state index is 0.674. The second kappa shape index (κ2) is 4.00. The van der Waals surface area contributed by atoms with Gasteiger partial charge in [0.15, 0.2) is 0 Å². The fraction of sp³-hybridized carbons (Fsp3) is 0.300. The Bertz CT molecular complexity index is 376.